The highest BCUT2D eigenvalue weighted by Crippen LogP contribution is 2.23. The average molecular weight is 252 g/mol. The Balaban J connectivity index is 2.51. The van der Waals surface area contributed by atoms with E-state index in [0.717, 1.165) is 30.8 Å². The molecule has 0 aliphatic carbocycles. The molecule has 0 aliphatic heterocycles. The first kappa shape index (κ1) is 14.6. The average Bonchev–Trinajstić information content (AvgIpc) is 2.22. The van der Waals surface area contributed by atoms with Crippen LogP contribution in [0.3, 0.4) is 0 Å². The normalized spacial score (nSPS) is 12.5. The van der Waals surface area contributed by atoms with Crippen molar-refractivity contribution in [2.45, 2.75) is 45.8 Å². The number of ether oxygens (including phenoxy) is 1. The summed E-state index contributed by atoms with van der Waals surface area (Å²) in [5.41, 5.74) is 7.47. The number of nitrogens with two attached hydrogens (primary N) is 1. The zero-order valence-electron chi connectivity index (χ0n) is 11.4. The molecule has 0 heterocycles. The van der Waals surface area contributed by atoms with Crippen molar-refractivity contribution in [3.8, 4) is 5.75 Å². The third-order valence-corrected chi connectivity index (χ3v) is 2.43. The smallest absolute Gasteiger partial charge is 0.123 e. The molecule has 0 aliphatic rings. The highest BCUT2D eigenvalue weighted by Gasteiger charge is 2.02. The van der Waals surface area contributed by atoms with Crippen molar-refractivity contribution in [2.75, 3.05) is 17.6 Å². The lowest BCUT2D eigenvalue weighted by atomic mass is 10.2. The maximum atomic E-state index is 9.17. The molecular formula is C14H24N2O2. The van der Waals surface area contributed by atoms with Gasteiger partial charge in [-0.3, -0.25) is 0 Å². The van der Waals surface area contributed by atoms with E-state index in [9.17, 15) is 0 Å². The van der Waals surface area contributed by atoms with Gasteiger partial charge in [0.2, 0.25) is 0 Å². The Hall–Kier alpha value is -1.42. The zero-order valence-corrected chi connectivity index (χ0v) is 11.4. The van der Waals surface area contributed by atoms with Crippen LogP contribution in [-0.4, -0.2) is 23.9 Å². The minimum absolute atomic E-state index is 0.134. The van der Waals surface area contributed by atoms with Gasteiger partial charge in [-0.05, 0) is 39.7 Å². The van der Waals surface area contributed by atoms with Crippen molar-refractivity contribution in [1.82, 2.24) is 0 Å². The predicted molar refractivity (Wildman–Crippen MR) is 76.0 cm³/mol. The molecule has 4 heteroatoms. The molecule has 0 fully saturated rings. The van der Waals surface area contributed by atoms with Crippen LogP contribution in [0.25, 0.3) is 0 Å². The van der Waals surface area contributed by atoms with Gasteiger partial charge < -0.3 is 20.9 Å². The second kappa shape index (κ2) is 7.11. The third kappa shape index (κ3) is 5.77. The fourth-order valence-corrected chi connectivity index (χ4v) is 1.69. The molecule has 4 nitrogen and oxygen atoms in total. The summed E-state index contributed by atoms with van der Waals surface area (Å²) >= 11 is 0. The summed E-state index contributed by atoms with van der Waals surface area (Å²) in [5.74, 6) is 0.781. The minimum atomic E-state index is -0.243. The first-order valence-electron chi connectivity index (χ1n) is 6.46. The zero-order chi connectivity index (χ0) is 13.5. The number of aliphatic hydroxyl groups is 1. The van der Waals surface area contributed by atoms with E-state index in [2.05, 4.69) is 5.32 Å². The molecule has 18 heavy (non-hydrogen) atoms. The largest absolute Gasteiger partial charge is 0.491 e. The molecule has 0 aromatic heterocycles. The second-order valence-corrected chi connectivity index (χ2v) is 4.88. The number of nitrogens with one attached hydrogen (secondary N) is 1. The van der Waals surface area contributed by atoms with Gasteiger partial charge in [-0.2, -0.15) is 0 Å². The molecular weight excluding hydrogens is 228 g/mol. The van der Waals surface area contributed by atoms with Gasteiger partial charge in [-0.15, -0.1) is 0 Å². The van der Waals surface area contributed by atoms with Crippen LogP contribution in [0.5, 0.6) is 5.75 Å². The van der Waals surface area contributed by atoms with Crippen molar-refractivity contribution in [3.05, 3.63) is 18.2 Å². The first-order valence-corrected chi connectivity index (χ1v) is 6.46. The number of hydrogen-bond acceptors (Lipinski definition) is 4. The third-order valence-electron chi connectivity index (χ3n) is 2.43. The quantitative estimate of drug-likeness (QED) is 0.515. The molecule has 0 saturated heterocycles. The lowest BCUT2D eigenvalue weighted by Crippen LogP contribution is -2.08. The van der Waals surface area contributed by atoms with Crippen LogP contribution in [0, 0.1) is 0 Å². The van der Waals surface area contributed by atoms with Gasteiger partial charge in [-0.25, -0.2) is 0 Å². The van der Waals surface area contributed by atoms with Crippen LogP contribution in [0.15, 0.2) is 18.2 Å². The maximum absolute atomic E-state index is 9.17. The lowest BCUT2D eigenvalue weighted by molar-refractivity contribution is 0.183. The maximum Gasteiger partial charge on any atom is 0.123 e. The van der Waals surface area contributed by atoms with E-state index in [-0.39, 0.29) is 12.2 Å². The van der Waals surface area contributed by atoms with Crippen molar-refractivity contribution in [3.63, 3.8) is 0 Å². The summed E-state index contributed by atoms with van der Waals surface area (Å²) in [7, 11) is 0. The molecule has 0 radical (unpaired) electrons. The van der Waals surface area contributed by atoms with E-state index < -0.39 is 0 Å². The fraction of sp³-hybridized carbons (Fsp3) is 0.571. The molecule has 1 atom stereocenters. The van der Waals surface area contributed by atoms with Gasteiger partial charge in [0.05, 0.1) is 12.2 Å². The molecule has 0 saturated carbocycles. The Morgan fingerprint density at radius 1 is 1.28 bits per heavy atom. The van der Waals surface area contributed by atoms with Crippen LogP contribution in [0.1, 0.15) is 33.6 Å². The molecule has 1 aromatic carbocycles. The van der Waals surface area contributed by atoms with E-state index in [1.165, 1.54) is 0 Å². The molecule has 102 valence electrons. The van der Waals surface area contributed by atoms with Gasteiger partial charge in [0.15, 0.2) is 0 Å². The Morgan fingerprint density at radius 3 is 2.61 bits per heavy atom. The second-order valence-electron chi connectivity index (χ2n) is 4.88. The number of anilines is 2. The Morgan fingerprint density at radius 2 is 2.00 bits per heavy atom. The van der Waals surface area contributed by atoms with Gasteiger partial charge in [0.25, 0.3) is 0 Å². The van der Waals surface area contributed by atoms with E-state index in [1.54, 1.807) is 6.92 Å². The topological polar surface area (TPSA) is 67.5 Å². The fourth-order valence-electron chi connectivity index (χ4n) is 1.69. The number of benzene rings is 1. The van der Waals surface area contributed by atoms with Crippen LogP contribution >= 0.6 is 0 Å². The van der Waals surface area contributed by atoms with E-state index in [0.29, 0.717) is 5.69 Å². The first-order chi connectivity index (χ1) is 8.47. The molecule has 0 bridgehead atoms. The van der Waals surface area contributed by atoms with Gasteiger partial charge in [0.1, 0.15) is 5.75 Å². The summed E-state index contributed by atoms with van der Waals surface area (Å²) in [6, 6.07) is 5.65. The Bertz CT molecular complexity index is 365. The van der Waals surface area contributed by atoms with E-state index in [4.69, 9.17) is 15.6 Å². The number of rotatable bonds is 7. The van der Waals surface area contributed by atoms with Crippen molar-refractivity contribution in [1.29, 1.82) is 0 Å². The summed E-state index contributed by atoms with van der Waals surface area (Å²) in [5, 5.41) is 12.5. The number of hydrogen-bond donors (Lipinski definition) is 3. The summed E-state index contributed by atoms with van der Waals surface area (Å²) in [6.07, 6.45) is 1.61. The Kier molecular flexibility index (Phi) is 5.78. The van der Waals surface area contributed by atoms with Crippen LogP contribution in [0.4, 0.5) is 11.4 Å². The Labute approximate surface area is 109 Å². The molecule has 0 amide bonds. The minimum Gasteiger partial charge on any atom is -0.491 e. The lowest BCUT2D eigenvalue weighted by Gasteiger charge is -2.13. The van der Waals surface area contributed by atoms with E-state index >= 15 is 0 Å². The molecule has 0 spiro atoms. The van der Waals surface area contributed by atoms with Crippen molar-refractivity contribution in [2.24, 2.45) is 0 Å². The molecule has 1 rings (SSSR count). The van der Waals surface area contributed by atoms with Gasteiger partial charge in [0, 0.05) is 30.1 Å². The monoisotopic (exact) mass is 252 g/mol. The van der Waals surface area contributed by atoms with Crippen molar-refractivity contribution >= 4 is 11.4 Å². The highest BCUT2D eigenvalue weighted by molar-refractivity contribution is 5.59. The van der Waals surface area contributed by atoms with Gasteiger partial charge in [-0.1, -0.05) is 0 Å². The summed E-state index contributed by atoms with van der Waals surface area (Å²) < 4.78 is 5.62. The predicted octanol–water partition coefficient (Wildman–Crippen LogP) is 2.63. The van der Waals surface area contributed by atoms with Crippen LogP contribution in [0.2, 0.25) is 0 Å². The summed E-state index contributed by atoms with van der Waals surface area (Å²) in [4.78, 5) is 0. The summed E-state index contributed by atoms with van der Waals surface area (Å²) in [6.45, 7) is 6.59. The van der Waals surface area contributed by atoms with Crippen LogP contribution in [-0.2, 0) is 0 Å². The van der Waals surface area contributed by atoms with Crippen molar-refractivity contribution < 1.29 is 9.84 Å². The van der Waals surface area contributed by atoms with Gasteiger partial charge >= 0.3 is 0 Å². The molecule has 1 aromatic rings. The number of aliphatic hydroxyl groups excluding tert-OH is 1. The SMILES string of the molecule is CC(O)CCCNc1cc(N)cc(OC(C)C)c1. The number of nitrogen functional groups attached to an aromatic ring is 1. The van der Waals surface area contributed by atoms with Crippen LogP contribution < -0.4 is 15.8 Å². The highest BCUT2D eigenvalue weighted by atomic mass is 16.5. The standard InChI is InChI=1S/C14H24N2O2/c1-10(2)18-14-8-12(15)7-13(9-14)16-6-4-5-11(3)17/h7-11,16-17H,4-6,15H2,1-3H3. The molecule has 4 N–H and O–H groups in total. The molecule has 1 unspecified atom stereocenters. The van der Waals surface area contributed by atoms with E-state index in [1.807, 2.05) is 32.0 Å².